The Labute approximate surface area is 189 Å². The van der Waals surface area contributed by atoms with Crippen molar-refractivity contribution in [1.29, 1.82) is 0 Å². The van der Waals surface area contributed by atoms with Gasteiger partial charge in [0.2, 0.25) is 5.13 Å². The summed E-state index contributed by atoms with van der Waals surface area (Å²) in [5.74, 6) is 0.168. The molecule has 0 spiro atoms. The van der Waals surface area contributed by atoms with Crippen LogP contribution in [0.5, 0.6) is 11.5 Å². The van der Waals surface area contributed by atoms with Crippen LogP contribution in [0.25, 0.3) is 11.3 Å². The van der Waals surface area contributed by atoms with Crippen LogP contribution in [0, 0.1) is 0 Å². The lowest BCUT2D eigenvalue weighted by atomic mass is 10.2. The molecule has 9 heteroatoms. The molecule has 3 rings (SSSR count). The van der Waals surface area contributed by atoms with E-state index in [1.54, 1.807) is 32.2 Å². The van der Waals surface area contributed by atoms with Crippen molar-refractivity contribution in [3.05, 3.63) is 58.4 Å². The summed E-state index contributed by atoms with van der Waals surface area (Å²) in [6, 6.07) is 13.3. The fourth-order valence-electron chi connectivity index (χ4n) is 2.64. The lowest BCUT2D eigenvalue weighted by molar-refractivity contribution is -0.150. The van der Waals surface area contributed by atoms with Crippen molar-refractivity contribution in [3.8, 4) is 22.8 Å². The van der Waals surface area contributed by atoms with E-state index < -0.39 is 12.1 Å². The van der Waals surface area contributed by atoms with Crippen molar-refractivity contribution in [2.24, 2.45) is 5.10 Å². The highest BCUT2D eigenvalue weighted by molar-refractivity contribution is 7.14. The number of ether oxygens (including phenoxy) is 3. The first-order chi connectivity index (χ1) is 15.0. The van der Waals surface area contributed by atoms with Gasteiger partial charge >= 0.3 is 5.97 Å². The lowest BCUT2D eigenvalue weighted by Crippen LogP contribution is -2.26. The molecule has 1 N–H and O–H groups in total. The molecular weight excluding hydrogens is 438 g/mol. The Morgan fingerprint density at radius 2 is 2.10 bits per heavy atom. The predicted octanol–water partition coefficient (Wildman–Crippen LogP) is 5.25. The third-order valence-electron chi connectivity index (χ3n) is 4.11. The monoisotopic (exact) mass is 459 g/mol. The summed E-state index contributed by atoms with van der Waals surface area (Å²) in [6.07, 6.45) is 0.771. The first-order valence-corrected chi connectivity index (χ1v) is 10.8. The van der Waals surface area contributed by atoms with Crippen LogP contribution in [0.2, 0.25) is 5.02 Å². The molecule has 0 aliphatic rings. The van der Waals surface area contributed by atoms with Gasteiger partial charge in [-0.05, 0) is 31.5 Å². The van der Waals surface area contributed by atoms with Crippen LogP contribution in [0.3, 0.4) is 0 Å². The van der Waals surface area contributed by atoms with Gasteiger partial charge < -0.3 is 14.2 Å². The maximum atomic E-state index is 11.8. The van der Waals surface area contributed by atoms with Crippen molar-refractivity contribution in [1.82, 2.24) is 4.98 Å². The van der Waals surface area contributed by atoms with Crippen molar-refractivity contribution >= 4 is 40.3 Å². The lowest BCUT2D eigenvalue weighted by Gasteiger charge is -2.17. The number of nitrogens with zero attached hydrogens (tertiary/aromatic N) is 2. The molecule has 0 amide bonds. The maximum Gasteiger partial charge on any atom is 0.347 e. The molecule has 0 saturated heterocycles. The molecule has 0 bridgehead atoms. The number of rotatable bonds is 9. The molecule has 0 aliphatic carbocycles. The minimum Gasteiger partial charge on any atom is -0.493 e. The number of carbonyl (C=O) groups is 1. The molecule has 0 saturated carbocycles. The Balaban J connectivity index is 1.69. The molecule has 0 radical (unpaired) electrons. The zero-order valence-corrected chi connectivity index (χ0v) is 18.9. The third-order valence-corrected chi connectivity index (χ3v) is 5.14. The van der Waals surface area contributed by atoms with Gasteiger partial charge in [-0.2, -0.15) is 5.10 Å². The van der Waals surface area contributed by atoms with Gasteiger partial charge in [0.1, 0.15) is 0 Å². The number of hydrazone groups is 1. The van der Waals surface area contributed by atoms with Crippen molar-refractivity contribution in [3.63, 3.8) is 0 Å². The fraction of sp³-hybridized carbons (Fsp3) is 0.227. The summed E-state index contributed by atoms with van der Waals surface area (Å²) < 4.78 is 16.0. The van der Waals surface area contributed by atoms with Gasteiger partial charge in [-0.1, -0.05) is 41.9 Å². The van der Waals surface area contributed by atoms with Crippen LogP contribution in [0.1, 0.15) is 19.4 Å². The van der Waals surface area contributed by atoms with E-state index in [2.05, 4.69) is 15.5 Å². The highest BCUT2D eigenvalue weighted by Gasteiger charge is 2.20. The molecule has 2 aromatic carbocycles. The van der Waals surface area contributed by atoms with E-state index in [0.29, 0.717) is 16.4 Å². The Bertz CT molecular complexity index is 1060. The number of methoxy groups -OCH3 is 1. The highest BCUT2D eigenvalue weighted by Crippen LogP contribution is 2.37. The predicted molar refractivity (Wildman–Crippen MR) is 123 cm³/mol. The molecule has 31 heavy (non-hydrogen) atoms. The smallest absolute Gasteiger partial charge is 0.347 e. The molecular formula is C22H22ClN3O4S. The van der Waals surface area contributed by atoms with Crippen molar-refractivity contribution < 1.29 is 19.0 Å². The zero-order valence-electron chi connectivity index (χ0n) is 17.3. The Kier molecular flexibility index (Phi) is 7.86. The molecule has 1 atom stereocenters. The fourth-order valence-corrected chi connectivity index (χ4v) is 3.57. The molecule has 0 aliphatic heterocycles. The Morgan fingerprint density at radius 3 is 2.81 bits per heavy atom. The number of esters is 1. The largest absolute Gasteiger partial charge is 0.493 e. The summed E-state index contributed by atoms with van der Waals surface area (Å²) in [7, 11) is 1.49. The average Bonchev–Trinajstić information content (AvgIpc) is 3.25. The molecule has 1 heterocycles. The highest BCUT2D eigenvalue weighted by atomic mass is 35.5. The first kappa shape index (κ1) is 22.6. The van der Waals surface area contributed by atoms with E-state index in [1.807, 2.05) is 35.7 Å². The number of nitrogens with one attached hydrogen (secondary N) is 1. The van der Waals surface area contributed by atoms with Gasteiger partial charge in [0.25, 0.3) is 0 Å². The Morgan fingerprint density at radius 1 is 1.32 bits per heavy atom. The van der Waals surface area contributed by atoms with Crippen LogP contribution < -0.4 is 14.9 Å². The van der Waals surface area contributed by atoms with Crippen LogP contribution in [-0.4, -0.2) is 37.0 Å². The molecule has 1 aromatic heterocycles. The van der Waals surface area contributed by atoms with Crippen LogP contribution >= 0.6 is 22.9 Å². The van der Waals surface area contributed by atoms with Crippen molar-refractivity contribution in [2.45, 2.75) is 20.0 Å². The van der Waals surface area contributed by atoms with Crippen LogP contribution in [0.4, 0.5) is 5.13 Å². The van der Waals surface area contributed by atoms with Gasteiger partial charge in [-0.15, -0.1) is 11.3 Å². The maximum absolute atomic E-state index is 11.8. The second kappa shape index (κ2) is 10.8. The average molecular weight is 460 g/mol. The number of hydrogen-bond donors (Lipinski definition) is 1. The van der Waals surface area contributed by atoms with Gasteiger partial charge in [0, 0.05) is 10.9 Å². The summed E-state index contributed by atoms with van der Waals surface area (Å²) in [5.41, 5.74) is 5.52. The summed E-state index contributed by atoms with van der Waals surface area (Å²) in [4.78, 5) is 16.3. The second-order valence-corrected chi connectivity index (χ2v) is 7.59. The molecule has 7 nitrogen and oxygen atoms in total. The van der Waals surface area contributed by atoms with E-state index >= 15 is 0 Å². The normalized spacial score (nSPS) is 11.9. The minimum atomic E-state index is -0.823. The van der Waals surface area contributed by atoms with Gasteiger partial charge in [0.05, 0.1) is 30.6 Å². The Hall–Kier alpha value is -3.10. The number of benzene rings is 2. The van der Waals surface area contributed by atoms with Crippen molar-refractivity contribution in [2.75, 3.05) is 19.1 Å². The van der Waals surface area contributed by atoms with Crippen LogP contribution in [0.15, 0.2) is 52.9 Å². The number of thiazole rings is 1. The summed E-state index contributed by atoms with van der Waals surface area (Å²) in [5, 5.41) is 7.14. The third kappa shape index (κ3) is 5.96. The topological polar surface area (TPSA) is 82.0 Å². The number of anilines is 1. The molecule has 3 aromatic rings. The van der Waals surface area contributed by atoms with E-state index in [9.17, 15) is 4.79 Å². The number of aromatic nitrogens is 1. The number of carbonyl (C=O) groups excluding carboxylic acids is 1. The number of hydrogen-bond acceptors (Lipinski definition) is 8. The SMILES string of the molecule is CCOC(=O)C(C)Oc1c(Cl)cc(C=NNc2nc(-c3ccccc3)cs2)cc1OC. The summed E-state index contributed by atoms with van der Waals surface area (Å²) >= 11 is 7.81. The van der Waals surface area contributed by atoms with Gasteiger partial charge in [-0.3, -0.25) is 5.43 Å². The van der Waals surface area contributed by atoms with E-state index in [4.69, 9.17) is 25.8 Å². The van der Waals surface area contributed by atoms with Gasteiger partial charge in [0.15, 0.2) is 17.6 Å². The second-order valence-electron chi connectivity index (χ2n) is 6.32. The van der Waals surface area contributed by atoms with E-state index in [1.165, 1.54) is 18.4 Å². The quantitative estimate of drug-likeness (QED) is 0.267. The standard InChI is InChI=1S/C22H22ClN3O4S/c1-4-29-21(27)14(2)30-20-17(23)10-15(11-19(20)28-3)12-24-26-22-25-18(13-31-22)16-8-6-5-7-9-16/h5-14H,4H2,1-3H3,(H,25,26). The van der Waals surface area contributed by atoms with E-state index in [0.717, 1.165) is 11.3 Å². The van der Waals surface area contributed by atoms with Gasteiger partial charge in [-0.25, -0.2) is 9.78 Å². The van der Waals surface area contributed by atoms with Crippen LogP contribution in [-0.2, 0) is 9.53 Å². The summed E-state index contributed by atoms with van der Waals surface area (Å²) in [6.45, 7) is 3.59. The van der Waals surface area contributed by atoms with E-state index in [-0.39, 0.29) is 17.4 Å². The number of halogens is 1. The molecule has 0 fully saturated rings. The minimum absolute atomic E-state index is 0.266. The first-order valence-electron chi connectivity index (χ1n) is 9.52. The molecule has 1 unspecified atom stereocenters. The zero-order chi connectivity index (χ0) is 22.2. The molecule has 162 valence electrons.